The van der Waals surface area contributed by atoms with Crippen molar-refractivity contribution in [2.75, 3.05) is 46.4 Å². The van der Waals surface area contributed by atoms with Crippen LogP contribution in [0.4, 0.5) is 10.5 Å². The van der Waals surface area contributed by atoms with Gasteiger partial charge in [-0.25, -0.2) is 4.79 Å². The van der Waals surface area contributed by atoms with E-state index in [1.54, 1.807) is 38.1 Å². The van der Waals surface area contributed by atoms with Crippen LogP contribution in [0.25, 0.3) is 0 Å². The number of carbonyl (C=O) groups excluding carboxylic acids is 2. The Bertz CT molecular complexity index is 1070. The first kappa shape index (κ1) is 28.2. The van der Waals surface area contributed by atoms with E-state index in [0.717, 1.165) is 42.5 Å². The van der Waals surface area contributed by atoms with Gasteiger partial charge < -0.3 is 24.0 Å². The Hall–Kier alpha value is -3.42. The fourth-order valence-electron chi connectivity index (χ4n) is 4.40. The van der Waals surface area contributed by atoms with Crippen molar-refractivity contribution in [2.45, 2.75) is 58.5 Å². The van der Waals surface area contributed by atoms with Crippen molar-refractivity contribution in [1.82, 2.24) is 9.80 Å². The number of nitrogens with zero attached hydrogens (tertiary/aromatic N) is 3. The molecular formula is C29H41N3O5. The Labute approximate surface area is 221 Å². The zero-order chi connectivity index (χ0) is 26.9. The second-order valence-corrected chi connectivity index (χ2v) is 9.70. The van der Waals surface area contributed by atoms with Crippen molar-refractivity contribution in [2.24, 2.45) is 0 Å². The van der Waals surface area contributed by atoms with Crippen LogP contribution in [0.15, 0.2) is 36.4 Å². The molecule has 0 unspecified atom stereocenters. The first-order valence-electron chi connectivity index (χ1n) is 13.0. The maximum atomic E-state index is 13.7. The number of carbonyl (C=O) groups is 2. The number of methoxy groups -OCH3 is 2. The Balaban J connectivity index is 1.79. The zero-order valence-corrected chi connectivity index (χ0v) is 23.1. The Morgan fingerprint density at radius 1 is 1.03 bits per heavy atom. The van der Waals surface area contributed by atoms with E-state index in [-0.39, 0.29) is 18.0 Å². The molecule has 3 rings (SSSR count). The number of urea groups is 1. The van der Waals surface area contributed by atoms with Crippen LogP contribution in [-0.2, 0) is 17.8 Å². The number of unbranched alkanes of at least 4 members (excludes halogenated alkanes) is 2. The molecule has 0 spiro atoms. The molecule has 0 aromatic heterocycles. The summed E-state index contributed by atoms with van der Waals surface area (Å²) in [6, 6.07) is 11.4. The van der Waals surface area contributed by atoms with Crippen molar-refractivity contribution in [3.8, 4) is 17.2 Å². The van der Waals surface area contributed by atoms with E-state index in [4.69, 9.17) is 14.2 Å². The van der Waals surface area contributed by atoms with Crippen LogP contribution in [0.2, 0.25) is 0 Å². The lowest BCUT2D eigenvalue weighted by molar-refractivity contribution is -0.127. The number of hydrogen-bond acceptors (Lipinski definition) is 5. The minimum absolute atomic E-state index is 0.0264. The van der Waals surface area contributed by atoms with Gasteiger partial charge in [-0.15, -0.1) is 0 Å². The van der Waals surface area contributed by atoms with Gasteiger partial charge in [0.15, 0.2) is 11.5 Å². The number of ether oxygens (including phenoxy) is 3. The molecule has 0 saturated carbocycles. The maximum Gasteiger partial charge on any atom is 0.325 e. The van der Waals surface area contributed by atoms with Crippen molar-refractivity contribution in [1.29, 1.82) is 0 Å². The fourth-order valence-corrected chi connectivity index (χ4v) is 4.40. The lowest BCUT2D eigenvalue weighted by atomic mass is 10.0. The third-order valence-corrected chi connectivity index (χ3v) is 6.79. The van der Waals surface area contributed by atoms with Gasteiger partial charge in [0.05, 0.1) is 33.8 Å². The molecule has 3 amide bonds. The standard InChI is InChI=1S/C29H41N3O5/c1-7-8-9-16-37-27-19-24(12-13-25(27)35-5)31-15-14-21(2)32(29(31)34)20-23-11-10-22(17-26(23)36-6)18-28(33)30(3)4/h10-13,17,19,21H,7-9,14-16,18,20H2,1-6H3/t21-/m0/s1. The van der Waals surface area contributed by atoms with Gasteiger partial charge in [0, 0.05) is 44.0 Å². The highest BCUT2D eigenvalue weighted by Gasteiger charge is 2.32. The topological polar surface area (TPSA) is 71.5 Å². The molecule has 1 atom stereocenters. The van der Waals surface area contributed by atoms with E-state index >= 15 is 0 Å². The molecule has 1 saturated heterocycles. The molecule has 0 bridgehead atoms. The number of rotatable bonds is 12. The highest BCUT2D eigenvalue weighted by Crippen LogP contribution is 2.34. The average molecular weight is 512 g/mol. The van der Waals surface area contributed by atoms with Gasteiger partial charge in [0.1, 0.15) is 5.75 Å². The van der Waals surface area contributed by atoms with Gasteiger partial charge in [0.25, 0.3) is 0 Å². The van der Waals surface area contributed by atoms with Gasteiger partial charge in [-0.05, 0) is 43.5 Å². The summed E-state index contributed by atoms with van der Waals surface area (Å²) in [6.45, 7) is 5.88. The van der Waals surface area contributed by atoms with Gasteiger partial charge in [-0.2, -0.15) is 0 Å². The molecule has 1 fully saturated rings. The van der Waals surface area contributed by atoms with Gasteiger partial charge in [0.2, 0.25) is 5.91 Å². The SMILES string of the molecule is CCCCCOc1cc(N2CC[C@H](C)N(Cc3ccc(CC(=O)N(C)C)cc3OC)C2=O)ccc1OC. The van der Waals surface area contributed by atoms with E-state index in [2.05, 4.69) is 13.8 Å². The first-order chi connectivity index (χ1) is 17.8. The van der Waals surface area contributed by atoms with Crippen molar-refractivity contribution in [3.63, 3.8) is 0 Å². The van der Waals surface area contributed by atoms with Crippen LogP contribution < -0.4 is 19.1 Å². The molecule has 2 aromatic carbocycles. The molecule has 0 N–H and O–H groups in total. The predicted octanol–water partition coefficient (Wildman–Crippen LogP) is 5.12. The molecular weight excluding hydrogens is 470 g/mol. The zero-order valence-electron chi connectivity index (χ0n) is 23.1. The molecule has 202 valence electrons. The number of anilines is 1. The van der Waals surface area contributed by atoms with Gasteiger partial charge >= 0.3 is 6.03 Å². The molecule has 8 heteroatoms. The van der Waals surface area contributed by atoms with Crippen LogP contribution in [0.5, 0.6) is 17.2 Å². The summed E-state index contributed by atoms with van der Waals surface area (Å²) in [7, 11) is 6.72. The summed E-state index contributed by atoms with van der Waals surface area (Å²) >= 11 is 0. The lowest BCUT2D eigenvalue weighted by Crippen LogP contribution is -2.53. The largest absolute Gasteiger partial charge is 0.496 e. The van der Waals surface area contributed by atoms with E-state index in [9.17, 15) is 9.59 Å². The third kappa shape index (κ3) is 7.08. The highest BCUT2D eigenvalue weighted by atomic mass is 16.5. The molecule has 8 nitrogen and oxygen atoms in total. The van der Waals surface area contributed by atoms with Gasteiger partial charge in [-0.3, -0.25) is 9.69 Å². The average Bonchev–Trinajstić information content (AvgIpc) is 2.89. The molecule has 0 radical (unpaired) electrons. The van der Waals surface area contributed by atoms with Crippen molar-refractivity contribution >= 4 is 17.6 Å². The lowest BCUT2D eigenvalue weighted by Gasteiger charge is -2.40. The summed E-state index contributed by atoms with van der Waals surface area (Å²) in [5.41, 5.74) is 2.57. The van der Waals surface area contributed by atoms with Crippen LogP contribution in [0, 0.1) is 0 Å². The summed E-state index contributed by atoms with van der Waals surface area (Å²) < 4.78 is 17.1. The molecule has 1 aliphatic rings. The van der Waals surface area contributed by atoms with Crippen LogP contribution >= 0.6 is 0 Å². The van der Waals surface area contributed by atoms with E-state index < -0.39 is 0 Å². The minimum atomic E-state index is -0.0604. The van der Waals surface area contributed by atoms with Crippen LogP contribution in [0.3, 0.4) is 0 Å². The Kier molecular flexibility index (Phi) is 10.1. The molecule has 1 heterocycles. The van der Waals surface area contributed by atoms with E-state index in [1.165, 1.54) is 0 Å². The summed E-state index contributed by atoms with van der Waals surface area (Å²) in [5.74, 6) is 2.01. The molecule has 37 heavy (non-hydrogen) atoms. The first-order valence-corrected chi connectivity index (χ1v) is 13.0. The van der Waals surface area contributed by atoms with Crippen LogP contribution in [-0.4, -0.2) is 69.2 Å². The Morgan fingerprint density at radius 3 is 2.46 bits per heavy atom. The molecule has 1 aliphatic heterocycles. The second kappa shape index (κ2) is 13.2. The summed E-state index contributed by atoms with van der Waals surface area (Å²) in [6.07, 6.45) is 4.34. The number of likely N-dealkylation sites (N-methyl/N-ethyl adjacent to an activating group) is 1. The normalized spacial score (nSPS) is 15.5. The second-order valence-electron chi connectivity index (χ2n) is 9.70. The van der Waals surface area contributed by atoms with Crippen molar-refractivity contribution < 1.29 is 23.8 Å². The smallest absolute Gasteiger partial charge is 0.325 e. The third-order valence-electron chi connectivity index (χ3n) is 6.79. The highest BCUT2D eigenvalue weighted by molar-refractivity contribution is 5.93. The van der Waals surface area contributed by atoms with Crippen LogP contribution in [0.1, 0.15) is 50.7 Å². The number of amides is 3. The predicted molar refractivity (Wildman–Crippen MR) is 146 cm³/mol. The molecule has 2 aromatic rings. The molecule has 0 aliphatic carbocycles. The minimum Gasteiger partial charge on any atom is -0.496 e. The monoisotopic (exact) mass is 511 g/mol. The summed E-state index contributed by atoms with van der Waals surface area (Å²) in [4.78, 5) is 31.1. The van der Waals surface area contributed by atoms with E-state index in [0.29, 0.717) is 43.4 Å². The maximum absolute atomic E-state index is 13.7. The summed E-state index contributed by atoms with van der Waals surface area (Å²) in [5, 5.41) is 0. The van der Waals surface area contributed by atoms with Gasteiger partial charge in [-0.1, -0.05) is 31.9 Å². The van der Waals surface area contributed by atoms with Crippen molar-refractivity contribution in [3.05, 3.63) is 47.5 Å². The fraction of sp³-hybridized carbons (Fsp3) is 0.517. The van der Waals surface area contributed by atoms with E-state index in [1.807, 2.05) is 41.3 Å². The number of benzene rings is 2. The number of hydrogen-bond donors (Lipinski definition) is 0. The quantitative estimate of drug-likeness (QED) is 0.370. The Morgan fingerprint density at radius 2 is 1.78 bits per heavy atom.